The summed E-state index contributed by atoms with van der Waals surface area (Å²) in [6.07, 6.45) is 1.18. The van der Waals surface area contributed by atoms with Gasteiger partial charge in [0.05, 0.1) is 10.6 Å². The van der Waals surface area contributed by atoms with Crippen LogP contribution in [0.3, 0.4) is 0 Å². The number of para-hydroxylation sites is 1. The molecule has 0 aliphatic heterocycles. The van der Waals surface area contributed by atoms with E-state index in [0.717, 1.165) is 0 Å². The fourth-order valence-corrected chi connectivity index (χ4v) is 2.62. The molecule has 1 aromatic heterocycles. The maximum atomic E-state index is 13.7. The highest BCUT2D eigenvalue weighted by Crippen LogP contribution is 2.31. The van der Waals surface area contributed by atoms with Crippen LogP contribution in [0, 0.1) is 27.3 Å². The summed E-state index contributed by atoms with van der Waals surface area (Å²) in [6, 6.07) is 14.5. The van der Waals surface area contributed by atoms with Crippen molar-refractivity contribution in [3.8, 4) is 17.4 Å². The van der Waals surface area contributed by atoms with Crippen molar-refractivity contribution < 1.29 is 18.5 Å². The second-order valence-electron chi connectivity index (χ2n) is 5.73. The molecule has 0 bridgehead atoms. The molecule has 0 saturated heterocycles. The van der Waals surface area contributed by atoms with E-state index in [0.29, 0.717) is 5.56 Å². The van der Waals surface area contributed by atoms with Gasteiger partial charge in [-0.25, -0.2) is 4.39 Å². The highest BCUT2D eigenvalue weighted by Gasteiger charge is 2.16. The number of nitriles is 1. The molecule has 9 heteroatoms. The van der Waals surface area contributed by atoms with E-state index in [2.05, 4.69) is 5.32 Å². The summed E-state index contributed by atoms with van der Waals surface area (Å²) in [4.78, 5) is 22.6. The Bertz CT molecular complexity index is 1180. The molecule has 7 nitrogen and oxygen atoms in total. The van der Waals surface area contributed by atoms with Gasteiger partial charge >= 0.3 is 0 Å². The lowest BCUT2D eigenvalue weighted by atomic mass is 10.1. The smallest absolute Gasteiger partial charge is 0.288 e. The van der Waals surface area contributed by atoms with Gasteiger partial charge in [0, 0.05) is 17.7 Å². The number of benzene rings is 2. The van der Waals surface area contributed by atoms with Crippen molar-refractivity contribution >= 4 is 35.0 Å². The topological polar surface area (TPSA) is 109 Å². The average Bonchev–Trinajstić information content (AvgIpc) is 3.16. The van der Waals surface area contributed by atoms with Crippen molar-refractivity contribution in [1.29, 1.82) is 5.26 Å². The summed E-state index contributed by atoms with van der Waals surface area (Å²) >= 11 is 5.80. The van der Waals surface area contributed by atoms with Gasteiger partial charge < -0.3 is 9.73 Å². The molecule has 0 aliphatic rings. The highest BCUT2D eigenvalue weighted by atomic mass is 35.5. The zero-order valence-electron chi connectivity index (χ0n) is 14.6. The highest BCUT2D eigenvalue weighted by molar-refractivity contribution is 6.32. The first-order valence-electron chi connectivity index (χ1n) is 8.11. The Morgan fingerprint density at radius 1 is 1.24 bits per heavy atom. The number of nitrogens with zero attached hydrogens (tertiary/aromatic N) is 2. The third-order valence-corrected chi connectivity index (χ3v) is 4.15. The lowest BCUT2D eigenvalue weighted by Crippen LogP contribution is -2.14. The van der Waals surface area contributed by atoms with Crippen molar-refractivity contribution in [2.75, 3.05) is 5.32 Å². The lowest BCUT2D eigenvalue weighted by molar-refractivity contribution is -0.384. The number of nitro benzene ring substituents is 1. The van der Waals surface area contributed by atoms with Gasteiger partial charge in [-0.2, -0.15) is 5.26 Å². The van der Waals surface area contributed by atoms with Crippen LogP contribution in [0.5, 0.6) is 0 Å². The van der Waals surface area contributed by atoms with Crippen LogP contribution in [0.25, 0.3) is 17.4 Å². The van der Waals surface area contributed by atoms with Gasteiger partial charge in [-0.3, -0.25) is 14.9 Å². The minimum absolute atomic E-state index is 0.0120. The molecule has 0 unspecified atom stereocenters. The van der Waals surface area contributed by atoms with Crippen LogP contribution in [0.2, 0.25) is 5.02 Å². The Labute approximate surface area is 168 Å². The summed E-state index contributed by atoms with van der Waals surface area (Å²) in [5.41, 5.74) is -0.252. The Balaban J connectivity index is 1.85. The predicted molar refractivity (Wildman–Crippen MR) is 104 cm³/mol. The van der Waals surface area contributed by atoms with E-state index in [1.165, 1.54) is 54.6 Å². The standard InChI is InChI=1S/C20H11ClFN3O4/c21-15-7-5-12(10-18(15)25(27)28)19-8-6-14(29-19)9-13(11-23)20(26)24-17-4-2-1-3-16(17)22/h1-10H,(H,24,26)/b13-9+. The van der Waals surface area contributed by atoms with Crippen molar-refractivity contribution in [3.05, 3.63) is 86.9 Å². The molecular weight excluding hydrogens is 401 g/mol. The van der Waals surface area contributed by atoms with Crippen LogP contribution in [0.1, 0.15) is 5.76 Å². The van der Waals surface area contributed by atoms with Gasteiger partial charge in [0.2, 0.25) is 0 Å². The Morgan fingerprint density at radius 3 is 2.69 bits per heavy atom. The Kier molecular flexibility index (Phi) is 5.71. The zero-order valence-corrected chi connectivity index (χ0v) is 15.3. The van der Waals surface area contributed by atoms with Gasteiger partial charge in [0.1, 0.15) is 34.0 Å². The predicted octanol–water partition coefficient (Wildman–Crippen LogP) is 5.19. The largest absolute Gasteiger partial charge is 0.457 e. The molecule has 1 heterocycles. The molecule has 2 aromatic carbocycles. The molecule has 3 rings (SSSR count). The van der Waals surface area contributed by atoms with Crippen LogP contribution in [-0.4, -0.2) is 10.8 Å². The Hall–Kier alpha value is -3.96. The molecule has 0 radical (unpaired) electrons. The van der Waals surface area contributed by atoms with E-state index >= 15 is 0 Å². The molecule has 0 fully saturated rings. The third-order valence-electron chi connectivity index (χ3n) is 3.83. The molecular formula is C20H11ClFN3O4. The number of nitrogens with one attached hydrogen (secondary N) is 1. The van der Waals surface area contributed by atoms with Gasteiger partial charge in [-0.05, 0) is 36.4 Å². The fraction of sp³-hybridized carbons (Fsp3) is 0. The number of carbonyl (C=O) groups excluding carboxylic acids is 1. The fourth-order valence-electron chi connectivity index (χ4n) is 2.43. The normalized spacial score (nSPS) is 11.0. The van der Waals surface area contributed by atoms with Gasteiger partial charge in [0.25, 0.3) is 11.6 Å². The summed E-state index contributed by atoms with van der Waals surface area (Å²) in [6.45, 7) is 0. The van der Waals surface area contributed by atoms with Crippen LogP contribution < -0.4 is 5.32 Å². The molecule has 0 spiro atoms. The molecule has 3 aromatic rings. The first-order valence-corrected chi connectivity index (χ1v) is 8.48. The number of anilines is 1. The second-order valence-corrected chi connectivity index (χ2v) is 6.14. The summed E-state index contributed by atoms with van der Waals surface area (Å²) < 4.78 is 19.2. The minimum atomic E-state index is -0.808. The molecule has 0 atom stereocenters. The quantitative estimate of drug-likeness (QED) is 0.269. The van der Waals surface area contributed by atoms with Crippen molar-refractivity contribution in [2.24, 2.45) is 0 Å². The monoisotopic (exact) mass is 411 g/mol. The molecule has 144 valence electrons. The molecule has 1 N–H and O–H groups in total. The van der Waals surface area contributed by atoms with E-state index in [9.17, 15) is 24.6 Å². The van der Waals surface area contributed by atoms with Crippen LogP contribution >= 0.6 is 11.6 Å². The molecule has 0 aliphatic carbocycles. The molecule has 29 heavy (non-hydrogen) atoms. The maximum absolute atomic E-state index is 13.7. The van der Waals surface area contributed by atoms with Crippen LogP contribution in [-0.2, 0) is 4.79 Å². The van der Waals surface area contributed by atoms with E-state index in [-0.39, 0.29) is 33.5 Å². The SMILES string of the molecule is N#C/C(=C\c1ccc(-c2ccc(Cl)c([N+](=O)[O-])c2)o1)C(=O)Nc1ccccc1F. The maximum Gasteiger partial charge on any atom is 0.288 e. The lowest BCUT2D eigenvalue weighted by Gasteiger charge is -2.04. The summed E-state index contributed by atoms with van der Waals surface area (Å²) in [5.74, 6) is -0.999. The molecule has 0 saturated carbocycles. The van der Waals surface area contributed by atoms with Crippen molar-refractivity contribution in [1.82, 2.24) is 0 Å². The first kappa shape index (κ1) is 19.8. The number of nitro groups is 1. The number of furan rings is 1. The van der Waals surface area contributed by atoms with E-state index in [4.69, 9.17) is 16.0 Å². The molecule has 1 amide bonds. The number of carbonyl (C=O) groups is 1. The number of hydrogen-bond donors (Lipinski definition) is 1. The van der Waals surface area contributed by atoms with Crippen molar-refractivity contribution in [2.45, 2.75) is 0 Å². The van der Waals surface area contributed by atoms with Crippen molar-refractivity contribution in [3.63, 3.8) is 0 Å². The number of hydrogen-bond acceptors (Lipinski definition) is 5. The minimum Gasteiger partial charge on any atom is -0.457 e. The zero-order chi connectivity index (χ0) is 21.0. The average molecular weight is 412 g/mol. The van der Waals surface area contributed by atoms with E-state index < -0.39 is 16.6 Å². The van der Waals surface area contributed by atoms with E-state index in [1.807, 2.05) is 0 Å². The second kappa shape index (κ2) is 8.37. The number of halogens is 2. The van der Waals surface area contributed by atoms with Crippen LogP contribution in [0.4, 0.5) is 15.8 Å². The van der Waals surface area contributed by atoms with E-state index in [1.54, 1.807) is 12.1 Å². The first-order chi connectivity index (χ1) is 13.9. The van der Waals surface area contributed by atoms with Gasteiger partial charge in [0.15, 0.2) is 0 Å². The van der Waals surface area contributed by atoms with Gasteiger partial charge in [-0.1, -0.05) is 23.7 Å². The van der Waals surface area contributed by atoms with Crippen LogP contribution in [0.15, 0.2) is 64.6 Å². The number of amides is 1. The Morgan fingerprint density at radius 2 is 2.00 bits per heavy atom. The number of rotatable bonds is 5. The summed E-state index contributed by atoms with van der Waals surface area (Å²) in [7, 11) is 0. The van der Waals surface area contributed by atoms with Gasteiger partial charge in [-0.15, -0.1) is 0 Å². The summed E-state index contributed by atoms with van der Waals surface area (Å²) in [5, 5.41) is 22.6. The third kappa shape index (κ3) is 4.48.